The first kappa shape index (κ1) is 11.1. The molecule has 1 aliphatic rings. The maximum Gasteiger partial charge on any atom is 0.0800 e. The van der Waals surface area contributed by atoms with Crippen LogP contribution in [-0.4, -0.2) is 30.5 Å². The molecular formula is C10H16BrN3O. The van der Waals surface area contributed by atoms with Gasteiger partial charge in [-0.15, -0.1) is 0 Å². The van der Waals surface area contributed by atoms with Gasteiger partial charge in [-0.3, -0.25) is 5.10 Å². The fourth-order valence-electron chi connectivity index (χ4n) is 1.92. The molecule has 0 aliphatic carbocycles. The molecule has 4 nitrogen and oxygen atoms in total. The predicted octanol–water partition coefficient (Wildman–Crippen LogP) is 1.79. The fraction of sp³-hybridized carbons (Fsp3) is 0.700. The topological polar surface area (TPSA) is 49.9 Å². The van der Waals surface area contributed by atoms with E-state index in [-0.39, 0.29) is 0 Å². The third-order valence-corrected chi connectivity index (χ3v) is 3.65. The molecule has 0 radical (unpaired) electrons. The SMILES string of the molecule is CNCc1[nH]nc(C2CCOCC2)c1Br. The normalized spacial score (nSPS) is 18.3. The minimum Gasteiger partial charge on any atom is -0.381 e. The Labute approximate surface area is 97.9 Å². The highest BCUT2D eigenvalue weighted by molar-refractivity contribution is 9.10. The molecule has 1 aliphatic heterocycles. The molecule has 0 saturated carbocycles. The number of aromatic nitrogens is 2. The lowest BCUT2D eigenvalue weighted by atomic mass is 9.96. The van der Waals surface area contributed by atoms with Crippen LogP contribution in [0.15, 0.2) is 4.47 Å². The maximum absolute atomic E-state index is 5.35. The number of ether oxygens (including phenoxy) is 1. The van der Waals surface area contributed by atoms with Crippen molar-refractivity contribution in [1.82, 2.24) is 15.5 Å². The van der Waals surface area contributed by atoms with Crippen LogP contribution >= 0.6 is 15.9 Å². The Balaban J connectivity index is 2.13. The second kappa shape index (κ2) is 5.09. The highest BCUT2D eigenvalue weighted by Crippen LogP contribution is 2.32. The highest BCUT2D eigenvalue weighted by Gasteiger charge is 2.22. The number of nitrogens with one attached hydrogen (secondary N) is 2. The summed E-state index contributed by atoms with van der Waals surface area (Å²) in [5.41, 5.74) is 2.28. The van der Waals surface area contributed by atoms with Gasteiger partial charge >= 0.3 is 0 Å². The number of H-pyrrole nitrogens is 1. The van der Waals surface area contributed by atoms with E-state index in [2.05, 4.69) is 31.4 Å². The number of nitrogens with zero attached hydrogens (tertiary/aromatic N) is 1. The second-order valence-electron chi connectivity index (χ2n) is 3.82. The standard InChI is InChI=1S/C10H16BrN3O/c1-12-6-8-9(11)10(14-13-8)7-2-4-15-5-3-7/h7,12H,2-6H2,1H3,(H,13,14). The van der Waals surface area contributed by atoms with Gasteiger partial charge < -0.3 is 10.1 Å². The molecule has 0 atom stereocenters. The quantitative estimate of drug-likeness (QED) is 0.883. The minimum absolute atomic E-state index is 0.537. The van der Waals surface area contributed by atoms with E-state index in [1.807, 2.05) is 7.05 Å². The average molecular weight is 274 g/mol. The molecule has 5 heteroatoms. The molecule has 2 N–H and O–H groups in total. The van der Waals surface area contributed by atoms with Crippen molar-refractivity contribution in [2.75, 3.05) is 20.3 Å². The Kier molecular flexibility index (Phi) is 3.77. The summed E-state index contributed by atoms with van der Waals surface area (Å²) >= 11 is 3.61. The van der Waals surface area contributed by atoms with Crippen molar-refractivity contribution in [1.29, 1.82) is 0 Å². The predicted molar refractivity (Wildman–Crippen MR) is 61.8 cm³/mol. The van der Waals surface area contributed by atoms with E-state index in [1.165, 1.54) is 0 Å². The molecule has 2 rings (SSSR count). The minimum atomic E-state index is 0.537. The van der Waals surface area contributed by atoms with E-state index < -0.39 is 0 Å². The molecule has 1 aromatic rings. The van der Waals surface area contributed by atoms with Crippen molar-refractivity contribution in [2.24, 2.45) is 0 Å². The maximum atomic E-state index is 5.35. The van der Waals surface area contributed by atoms with Crippen molar-refractivity contribution in [3.63, 3.8) is 0 Å². The Morgan fingerprint density at radius 2 is 2.27 bits per heavy atom. The largest absolute Gasteiger partial charge is 0.381 e. The molecule has 2 heterocycles. The smallest absolute Gasteiger partial charge is 0.0800 e. The van der Waals surface area contributed by atoms with E-state index in [4.69, 9.17) is 4.74 Å². The zero-order chi connectivity index (χ0) is 10.7. The van der Waals surface area contributed by atoms with Crippen LogP contribution in [0.1, 0.15) is 30.1 Å². The molecule has 0 amide bonds. The Hall–Kier alpha value is -0.390. The number of hydrogen-bond donors (Lipinski definition) is 2. The summed E-state index contributed by atoms with van der Waals surface area (Å²) in [7, 11) is 1.93. The molecule has 1 saturated heterocycles. The molecule has 84 valence electrons. The van der Waals surface area contributed by atoms with Crippen LogP contribution in [0.25, 0.3) is 0 Å². The molecule has 0 unspecified atom stereocenters. The van der Waals surface area contributed by atoms with Gasteiger partial charge in [0.15, 0.2) is 0 Å². The molecule has 0 aromatic carbocycles. The van der Waals surface area contributed by atoms with Crippen LogP contribution in [0.2, 0.25) is 0 Å². The lowest BCUT2D eigenvalue weighted by Gasteiger charge is -2.20. The third-order valence-electron chi connectivity index (χ3n) is 2.76. The number of aromatic amines is 1. The molecule has 15 heavy (non-hydrogen) atoms. The zero-order valence-corrected chi connectivity index (χ0v) is 10.4. The van der Waals surface area contributed by atoms with Gasteiger partial charge in [0.1, 0.15) is 0 Å². The number of rotatable bonds is 3. The van der Waals surface area contributed by atoms with Gasteiger partial charge in [0.25, 0.3) is 0 Å². The van der Waals surface area contributed by atoms with E-state index in [1.54, 1.807) is 0 Å². The lowest BCUT2D eigenvalue weighted by Crippen LogP contribution is -2.14. The van der Waals surface area contributed by atoms with Crippen molar-refractivity contribution in [2.45, 2.75) is 25.3 Å². The summed E-state index contributed by atoms with van der Waals surface area (Å²) in [6.07, 6.45) is 2.14. The third kappa shape index (κ3) is 2.41. The van der Waals surface area contributed by atoms with E-state index in [0.29, 0.717) is 5.92 Å². The summed E-state index contributed by atoms with van der Waals surface area (Å²) in [5, 5.41) is 10.6. The summed E-state index contributed by atoms with van der Waals surface area (Å²) in [4.78, 5) is 0. The summed E-state index contributed by atoms with van der Waals surface area (Å²) in [6.45, 7) is 2.52. The molecular weight excluding hydrogens is 258 g/mol. The zero-order valence-electron chi connectivity index (χ0n) is 8.85. The summed E-state index contributed by atoms with van der Waals surface area (Å²) in [6, 6.07) is 0. The fourth-order valence-corrected chi connectivity index (χ4v) is 2.56. The van der Waals surface area contributed by atoms with Gasteiger partial charge in [0.2, 0.25) is 0 Å². The molecule has 0 bridgehead atoms. The molecule has 1 aromatic heterocycles. The first-order valence-electron chi connectivity index (χ1n) is 5.28. The van der Waals surface area contributed by atoms with E-state index >= 15 is 0 Å². The van der Waals surface area contributed by atoms with Crippen LogP contribution in [0.4, 0.5) is 0 Å². The van der Waals surface area contributed by atoms with Gasteiger partial charge in [-0.25, -0.2) is 0 Å². The molecule has 0 spiro atoms. The first-order chi connectivity index (χ1) is 7.33. The van der Waals surface area contributed by atoms with Gasteiger partial charge in [0.05, 0.1) is 15.9 Å². The van der Waals surface area contributed by atoms with Gasteiger partial charge in [-0.2, -0.15) is 5.10 Å². The second-order valence-corrected chi connectivity index (χ2v) is 4.61. The number of halogens is 1. The van der Waals surface area contributed by atoms with Gasteiger partial charge in [-0.05, 0) is 35.8 Å². The van der Waals surface area contributed by atoms with Gasteiger partial charge in [0, 0.05) is 25.7 Å². The van der Waals surface area contributed by atoms with Crippen molar-refractivity contribution in [3.05, 3.63) is 15.9 Å². The highest BCUT2D eigenvalue weighted by atomic mass is 79.9. The summed E-state index contributed by atoms with van der Waals surface area (Å²) < 4.78 is 6.48. The monoisotopic (exact) mass is 273 g/mol. The Morgan fingerprint density at radius 3 is 2.93 bits per heavy atom. The van der Waals surface area contributed by atoms with Crippen LogP contribution in [0.3, 0.4) is 0 Å². The van der Waals surface area contributed by atoms with Crippen molar-refractivity contribution < 1.29 is 4.74 Å². The Morgan fingerprint density at radius 1 is 1.53 bits per heavy atom. The first-order valence-corrected chi connectivity index (χ1v) is 6.07. The van der Waals surface area contributed by atoms with Crippen molar-refractivity contribution in [3.8, 4) is 0 Å². The van der Waals surface area contributed by atoms with Gasteiger partial charge in [-0.1, -0.05) is 0 Å². The van der Waals surface area contributed by atoms with Crippen LogP contribution < -0.4 is 5.32 Å². The lowest BCUT2D eigenvalue weighted by molar-refractivity contribution is 0.0843. The van der Waals surface area contributed by atoms with Crippen LogP contribution in [-0.2, 0) is 11.3 Å². The van der Waals surface area contributed by atoms with Crippen LogP contribution in [0, 0.1) is 0 Å². The Bertz CT molecular complexity index is 320. The summed E-state index contributed by atoms with van der Waals surface area (Å²) in [5.74, 6) is 0.537. The molecule has 1 fully saturated rings. The average Bonchev–Trinajstić information content (AvgIpc) is 2.63. The van der Waals surface area contributed by atoms with Crippen LogP contribution in [0.5, 0.6) is 0 Å². The van der Waals surface area contributed by atoms with Crippen molar-refractivity contribution >= 4 is 15.9 Å². The van der Waals surface area contributed by atoms with E-state index in [9.17, 15) is 0 Å². The number of hydrogen-bond acceptors (Lipinski definition) is 3. The van der Waals surface area contributed by atoms with E-state index in [0.717, 1.165) is 48.5 Å².